The number of hydrogen-bond acceptors (Lipinski definition) is 10. The molecule has 1 aliphatic carbocycles. The third kappa shape index (κ3) is 5.17. The van der Waals surface area contributed by atoms with Gasteiger partial charge in [0.25, 0.3) is 0 Å². The molecular formula is C23H22O10. The number of ketones is 2. The van der Waals surface area contributed by atoms with Crippen LogP contribution in [0.25, 0.3) is 0 Å². The summed E-state index contributed by atoms with van der Waals surface area (Å²) in [4.78, 5) is 60.1. The summed E-state index contributed by atoms with van der Waals surface area (Å²) < 4.78 is 19.8. The van der Waals surface area contributed by atoms with Crippen molar-refractivity contribution in [2.24, 2.45) is 5.41 Å². The van der Waals surface area contributed by atoms with Crippen LogP contribution in [0.2, 0.25) is 0 Å². The lowest BCUT2D eigenvalue weighted by Crippen LogP contribution is -2.33. The summed E-state index contributed by atoms with van der Waals surface area (Å²) in [6, 6.07) is 7.50. The van der Waals surface area contributed by atoms with Gasteiger partial charge in [-0.15, -0.1) is 0 Å². The van der Waals surface area contributed by atoms with Crippen LogP contribution < -0.4 is 0 Å². The van der Waals surface area contributed by atoms with E-state index in [4.69, 9.17) is 18.6 Å². The number of ether oxygens (including phenoxy) is 3. The monoisotopic (exact) mass is 458 g/mol. The molecular weight excluding hydrogens is 436 g/mol. The largest absolute Gasteiger partial charge is 0.465 e. The molecule has 0 saturated heterocycles. The SMILES string of the molecule is CC(=O)OCC(C)(C)C(=O)OCOC(=O)CC(O)c1cc2c(o1)C(=O)c1ccccc1C2=O. The lowest BCUT2D eigenvalue weighted by molar-refractivity contribution is -0.177. The van der Waals surface area contributed by atoms with Crippen molar-refractivity contribution in [3.63, 3.8) is 0 Å². The van der Waals surface area contributed by atoms with Crippen LogP contribution in [0, 0.1) is 5.41 Å². The number of hydrogen-bond donors (Lipinski definition) is 1. The second-order valence-electron chi connectivity index (χ2n) is 8.05. The van der Waals surface area contributed by atoms with Gasteiger partial charge in [-0.25, -0.2) is 0 Å². The lowest BCUT2D eigenvalue weighted by atomic mass is 9.88. The zero-order valence-electron chi connectivity index (χ0n) is 18.2. The van der Waals surface area contributed by atoms with E-state index in [0.29, 0.717) is 0 Å². The van der Waals surface area contributed by atoms with E-state index in [9.17, 15) is 29.1 Å². The lowest BCUT2D eigenvalue weighted by Gasteiger charge is -2.21. The molecule has 1 unspecified atom stereocenters. The standard InChI is InChI=1S/C23H22O10/c1-12(24)30-10-23(2,3)22(29)32-11-31-18(26)9-16(25)17-8-15-19(27)13-6-4-5-7-14(13)20(28)21(15)33-17/h4-8,16,25H,9-11H2,1-3H3. The minimum absolute atomic E-state index is 0.00468. The molecule has 2 aromatic rings. The molecule has 0 bridgehead atoms. The third-order valence-corrected chi connectivity index (χ3v) is 4.91. The van der Waals surface area contributed by atoms with E-state index in [-0.39, 0.29) is 34.8 Å². The van der Waals surface area contributed by atoms with Gasteiger partial charge in [0, 0.05) is 18.1 Å². The highest BCUT2D eigenvalue weighted by Crippen LogP contribution is 2.32. The van der Waals surface area contributed by atoms with Crippen molar-refractivity contribution in [2.75, 3.05) is 13.4 Å². The van der Waals surface area contributed by atoms with Gasteiger partial charge in [-0.1, -0.05) is 24.3 Å². The maximum absolute atomic E-state index is 12.6. The number of benzene rings is 1. The van der Waals surface area contributed by atoms with Crippen molar-refractivity contribution in [2.45, 2.75) is 33.3 Å². The highest BCUT2D eigenvalue weighted by atomic mass is 16.7. The van der Waals surface area contributed by atoms with Crippen molar-refractivity contribution in [1.29, 1.82) is 0 Å². The molecule has 0 saturated carbocycles. The number of rotatable bonds is 8. The molecule has 1 aliphatic rings. The molecule has 0 amide bonds. The summed E-state index contributed by atoms with van der Waals surface area (Å²) in [6.45, 7) is 3.26. The normalized spacial score (nSPS) is 13.6. The number of furan rings is 1. The second kappa shape index (κ2) is 9.37. The molecule has 1 aromatic carbocycles. The molecule has 0 aliphatic heterocycles. The molecule has 1 aromatic heterocycles. The van der Waals surface area contributed by atoms with Gasteiger partial charge in [-0.2, -0.15) is 0 Å². The number of esters is 3. The minimum Gasteiger partial charge on any atom is -0.465 e. The summed E-state index contributed by atoms with van der Waals surface area (Å²) in [7, 11) is 0. The van der Waals surface area contributed by atoms with Crippen LogP contribution in [-0.2, 0) is 28.6 Å². The Balaban J connectivity index is 1.56. The molecule has 10 nitrogen and oxygen atoms in total. The Hall–Kier alpha value is -3.79. The Bertz CT molecular complexity index is 1070. The topological polar surface area (TPSA) is 146 Å². The fourth-order valence-corrected chi connectivity index (χ4v) is 3.06. The molecule has 174 valence electrons. The molecule has 0 spiro atoms. The quantitative estimate of drug-likeness (QED) is 0.393. The molecule has 3 rings (SSSR count). The molecule has 1 atom stereocenters. The van der Waals surface area contributed by atoms with E-state index in [1.54, 1.807) is 12.1 Å². The Morgan fingerprint density at radius 2 is 1.64 bits per heavy atom. The van der Waals surface area contributed by atoms with Crippen LogP contribution in [-0.4, -0.2) is 48.0 Å². The Morgan fingerprint density at radius 3 is 2.27 bits per heavy atom. The summed E-state index contributed by atoms with van der Waals surface area (Å²) >= 11 is 0. The number of fused-ring (bicyclic) bond motifs is 2. The Kier molecular flexibility index (Phi) is 6.78. The second-order valence-corrected chi connectivity index (χ2v) is 8.05. The van der Waals surface area contributed by atoms with Gasteiger partial charge < -0.3 is 23.7 Å². The summed E-state index contributed by atoms with van der Waals surface area (Å²) in [5.74, 6) is -3.49. The van der Waals surface area contributed by atoms with Gasteiger partial charge in [0.15, 0.2) is 11.5 Å². The zero-order chi connectivity index (χ0) is 24.3. The molecule has 1 heterocycles. The fourth-order valence-electron chi connectivity index (χ4n) is 3.06. The van der Waals surface area contributed by atoms with Crippen LogP contribution in [0.5, 0.6) is 0 Å². The highest BCUT2D eigenvalue weighted by molar-refractivity contribution is 6.27. The molecule has 10 heteroatoms. The highest BCUT2D eigenvalue weighted by Gasteiger charge is 2.35. The van der Waals surface area contributed by atoms with Crippen LogP contribution in [0.1, 0.15) is 71.1 Å². The van der Waals surface area contributed by atoms with Crippen molar-refractivity contribution in [3.8, 4) is 0 Å². The first-order valence-corrected chi connectivity index (χ1v) is 9.97. The third-order valence-electron chi connectivity index (χ3n) is 4.91. The molecule has 33 heavy (non-hydrogen) atoms. The first kappa shape index (κ1) is 23.9. The van der Waals surface area contributed by atoms with Gasteiger partial charge in [0.2, 0.25) is 12.6 Å². The number of carbonyl (C=O) groups excluding carboxylic acids is 5. The first-order valence-electron chi connectivity index (χ1n) is 9.97. The van der Waals surface area contributed by atoms with E-state index < -0.39 is 54.2 Å². The van der Waals surface area contributed by atoms with E-state index in [2.05, 4.69) is 0 Å². The average molecular weight is 458 g/mol. The predicted molar refractivity (Wildman–Crippen MR) is 109 cm³/mol. The maximum Gasteiger partial charge on any atom is 0.317 e. The Morgan fingerprint density at radius 1 is 1.00 bits per heavy atom. The van der Waals surface area contributed by atoms with Crippen molar-refractivity contribution in [3.05, 3.63) is 58.5 Å². The molecule has 0 fully saturated rings. The average Bonchev–Trinajstić information content (AvgIpc) is 3.22. The van der Waals surface area contributed by atoms with Gasteiger partial charge >= 0.3 is 17.9 Å². The van der Waals surface area contributed by atoms with Crippen molar-refractivity contribution in [1.82, 2.24) is 0 Å². The van der Waals surface area contributed by atoms with Crippen LogP contribution in [0.3, 0.4) is 0 Å². The number of aliphatic hydroxyl groups is 1. The van der Waals surface area contributed by atoms with Gasteiger partial charge in [-0.05, 0) is 19.9 Å². The van der Waals surface area contributed by atoms with Gasteiger partial charge in [0.1, 0.15) is 18.5 Å². The Labute approximate surface area is 188 Å². The predicted octanol–water partition coefficient (Wildman–Crippen LogP) is 2.11. The van der Waals surface area contributed by atoms with E-state index in [1.807, 2.05) is 0 Å². The smallest absolute Gasteiger partial charge is 0.317 e. The summed E-state index contributed by atoms with van der Waals surface area (Å²) in [5.41, 5.74) is -0.718. The minimum atomic E-state index is -1.50. The van der Waals surface area contributed by atoms with Crippen molar-refractivity contribution >= 4 is 29.5 Å². The number of carbonyl (C=O) groups is 5. The van der Waals surface area contributed by atoms with Crippen molar-refractivity contribution < 1.29 is 47.7 Å². The van der Waals surface area contributed by atoms with Crippen LogP contribution in [0.4, 0.5) is 0 Å². The zero-order valence-corrected chi connectivity index (χ0v) is 18.2. The van der Waals surface area contributed by atoms with Gasteiger partial charge in [0.05, 0.1) is 17.4 Å². The summed E-state index contributed by atoms with van der Waals surface area (Å²) in [6.07, 6.45) is -2.07. The summed E-state index contributed by atoms with van der Waals surface area (Å²) in [5, 5.41) is 10.3. The molecule has 1 N–H and O–H groups in total. The number of aliphatic hydroxyl groups excluding tert-OH is 1. The maximum atomic E-state index is 12.6. The van der Waals surface area contributed by atoms with E-state index in [1.165, 1.54) is 39.0 Å². The van der Waals surface area contributed by atoms with Crippen LogP contribution in [0.15, 0.2) is 34.7 Å². The van der Waals surface area contributed by atoms with Crippen LogP contribution >= 0.6 is 0 Å². The van der Waals surface area contributed by atoms with E-state index in [0.717, 1.165) is 0 Å². The molecule has 0 radical (unpaired) electrons. The first-order chi connectivity index (χ1) is 15.5. The van der Waals surface area contributed by atoms with E-state index >= 15 is 0 Å². The van der Waals surface area contributed by atoms with Gasteiger partial charge in [-0.3, -0.25) is 24.0 Å². The fraction of sp³-hybridized carbons (Fsp3) is 0.348.